The van der Waals surface area contributed by atoms with E-state index < -0.39 is 0 Å². The van der Waals surface area contributed by atoms with E-state index >= 15 is 0 Å². The number of aromatic nitrogens is 3. The maximum atomic E-state index is 5.72. The first-order valence-corrected chi connectivity index (χ1v) is 5.17. The van der Waals surface area contributed by atoms with Crippen molar-refractivity contribution in [2.45, 2.75) is 32.4 Å². The van der Waals surface area contributed by atoms with Crippen LogP contribution in [-0.2, 0) is 6.54 Å². The van der Waals surface area contributed by atoms with Crippen LogP contribution in [-0.4, -0.2) is 27.6 Å². The Morgan fingerprint density at radius 1 is 1.64 bits per heavy atom. The summed E-state index contributed by atoms with van der Waals surface area (Å²) in [5.74, 6) is 1.73. The van der Waals surface area contributed by atoms with E-state index in [0.717, 1.165) is 37.7 Å². The van der Waals surface area contributed by atoms with Crippen LogP contribution in [0, 0.1) is 5.92 Å². The average molecular weight is 195 g/mol. The number of anilines is 1. The van der Waals surface area contributed by atoms with Gasteiger partial charge in [-0.25, -0.2) is 4.68 Å². The summed E-state index contributed by atoms with van der Waals surface area (Å²) in [7, 11) is 0. The molecule has 1 aliphatic rings. The molecule has 1 aliphatic carbocycles. The highest BCUT2D eigenvalue weighted by Gasteiger charge is 2.25. The van der Waals surface area contributed by atoms with Gasteiger partial charge in [-0.05, 0) is 25.7 Å². The minimum absolute atomic E-state index is 0.427. The van der Waals surface area contributed by atoms with Gasteiger partial charge in [0.15, 0.2) is 0 Å². The monoisotopic (exact) mass is 195 g/mol. The van der Waals surface area contributed by atoms with Crippen molar-refractivity contribution in [2.75, 3.05) is 11.9 Å². The molecular weight excluding hydrogens is 178 g/mol. The van der Waals surface area contributed by atoms with Gasteiger partial charge in [-0.1, -0.05) is 5.21 Å². The summed E-state index contributed by atoms with van der Waals surface area (Å²) in [6.45, 7) is 3.90. The minimum Gasteiger partial charge on any atom is -0.369 e. The van der Waals surface area contributed by atoms with E-state index in [0.29, 0.717) is 6.04 Å². The Morgan fingerprint density at radius 2 is 2.43 bits per heavy atom. The molecule has 1 saturated carbocycles. The zero-order chi connectivity index (χ0) is 9.97. The Hall–Kier alpha value is -1.10. The molecule has 0 bridgehead atoms. The zero-order valence-electron chi connectivity index (χ0n) is 8.48. The molecule has 0 amide bonds. The lowest BCUT2D eigenvalue weighted by Crippen LogP contribution is -2.39. The standard InChI is InChI=1S/C9H17N5/c1-2-14-9(6-12-13-14)11-5-7-3-8(10)4-7/h6-8,11H,2-5,10H2,1H3. The minimum atomic E-state index is 0.427. The van der Waals surface area contributed by atoms with Gasteiger partial charge >= 0.3 is 0 Å². The van der Waals surface area contributed by atoms with Crippen LogP contribution in [0.4, 0.5) is 5.82 Å². The first-order valence-electron chi connectivity index (χ1n) is 5.17. The van der Waals surface area contributed by atoms with E-state index in [9.17, 15) is 0 Å². The van der Waals surface area contributed by atoms with E-state index in [4.69, 9.17) is 5.73 Å². The van der Waals surface area contributed by atoms with Crippen LogP contribution < -0.4 is 11.1 Å². The second-order valence-corrected chi connectivity index (χ2v) is 3.91. The lowest BCUT2D eigenvalue weighted by Gasteiger charge is -2.32. The second kappa shape index (κ2) is 3.96. The fourth-order valence-electron chi connectivity index (χ4n) is 1.83. The van der Waals surface area contributed by atoms with Crippen LogP contribution in [0.5, 0.6) is 0 Å². The van der Waals surface area contributed by atoms with E-state index in [2.05, 4.69) is 22.6 Å². The first-order chi connectivity index (χ1) is 6.79. The van der Waals surface area contributed by atoms with Gasteiger partial charge in [-0.2, -0.15) is 0 Å². The predicted octanol–water partition coefficient (Wildman–Crippen LogP) is 0.447. The molecule has 0 radical (unpaired) electrons. The van der Waals surface area contributed by atoms with E-state index in [1.54, 1.807) is 6.20 Å². The lowest BCUT2D eigenvalue weighted by atomic mass is 9.81. The van der Waals surface area contributed by atoms with Crippen molar-refractivity contribution in [2.24, 2.45) is 11.7 Å². The van der Waals surface area contributed by atoms with Crippen molar-refractivity contribution < 1.29 is 0 Å². The Bertz CT molecular complexity index is 289. The van der Waals surface area contributed by atoms with Gasteiger partial charge < -0.3 is 11.1 Å². The molecule has 0 aliphatic heterocycles. The molecule has 5 heteroatoms. The van der Waals surface area contributed by atoms with Crippen molar-refractivity contribution in [3.63, 3.8) is 0 Å². The van der Waals surface area contributed by atoms with E-state index in [-0.39, 0.29) is 0 Å². The molecule has 0 saturated heterocycles. The number of rotatable bonds is 4. The average Bonchev–Trinajstić information content (AvgIpc) is 2.57. The third-order valence-electron chi connectivity index (χ3n) is 2.76. The van der Waals surface area contributed by atoms with Crippen molar-refractivity contribution in [3.05, 3.63) is 6.20 Å². The highest BCUT2D eigenvalue weighted by Crippen LogP contribution is 2.25. The largest absolute Gasteiger partial charge is 0.369 e. The van der Waals surface area contributed by atoms with Crippen LogP contribution in [0.1, 0.15) is 19.8 Å². The van der Waals surface area contributed by atoms with E-state index in [1.165, 1.54) is 0 Å². The van der Waals surface area contributed by atoms with Crippen molar-refractivity contribution >= 4 is 5.82 Å². The van der Waals surface area contributed by atoms with Gasteiger partial charge in [0, 0.05) is 19.1 Å². The summed E-state index contributed by atoms with van der Waals surface area (Å²) in [5.41, 5.74) is 5.72. The molecule has 78 valence electrons. The van der Waals surface area contributed by atoms with Crippen molar-refractivity contribution in [1.29, 1.82) is 0 Å². The molecule has 1 aromatic rings. The second-order valence-electron chi connectivity index (χ2n) is 3.91. The van der Waals surface area contributed by atoms with Crippen LogP contribution in [0.2, 0.25) is 0 Å². The summed E-state index contributed by atoms with van der Waals surface area (Å²) in [4.78, 5) is 0. The molecule has 1 fully saturated rings. The van der Waals surface area contributed by atoms with Crippen LogP contribution >= 0.6 is 0 Å². The first kappa shape index (κ1) is 9.45. The molecule has 14 heavy (non-hydrogen) atoms. The maximum absolute atomic E-state index is 5.72. The lowest BCUT2D eigenvalue weighted by molar-refractivity contribution is 0.279. The van der Waals surface area contributed by atoms with Gasteiger partial charge in [0.05, 0.1) is 6.20 Å². The summed E-state index contributed by atoms with van der Waals surface area (Å²) in [5, 5.41) is 11.2. The summed E-state index contributed by atoms with van der Waals surface area (Å²) in [6, 6.07) is 0.427. The predicted molar refractivity (Wildman–Crippen MR) is 54.9 cm³/mol. The van der Waals surface area contributed by atoms with Crippen LogP contribution in [0.25, 0.3) is 0 Å². The molecule has 0 aromatic carbocycles. The maximum Gasteiger partial charge on any atom is 0.144 e. The number of nitrogens with zero attached hydrogens (tertiary/aromatic N) is 3. The third kappa shape index (κ3) is 1.87. The summed E-state index contributed by atoms with van der Waals surface area (Å²) < 4.78 is 1.86. The molecule has 1 aromatic heterocycles. The number of hydrogen-bond acceptors (Lipinski definition) is 4. The van der Waals surface area contributed by atoms with Crippen LogP contribution in [0.15, 0.2) is 6.20 Å². The molecular formula is C9H17N5. The van der Waals surface area contributed by atoms with Crippen molar-refractivity contribution in [1.82, 2.24) is 15.0 Å². The van der Waals surface area contributed by atoms with Gasteiger partial charge in [0.25, 0.3) is 0 Å². The SMILES string of the molecule is CCn1nncc1NCC1CC(N)C1. The molecule has 0 unspecified atom stereocenters. The Labute approximate surface area is 83.7 Å². The topological polar surface area (TPSA) is 68.8 Å². The Balaban J connectivity index is 1.80. The normalized spacial score (nSPS) is 25.9. The quantitative estimate of drug-likeness (QED) is 0.731. The van der Waals surface area contributed by atoms with Gasteiger partial charge in [-0.15, -0.1) is 5.10 Å². The molecule has 0 atom stereocenters. The van der Waals surface area contributed by atoms with Gasteiger partial charge in [0.2, 0.25) is 0 Å². The van der Waals surface area contributed by atoms with Gasteiger partial charge in [0.1, 0.15) is 5.82 Å². The van der Waals surface area contributed by atoms with Crippen LogP contribution in [0.3, 0.4) is 0 Å². The highest BCUT2D eigenvalue weighted by molar-refractivity contribution is 5.30. The summed E-state index contributed by atoms with van der Waals surface area (Å²) >= 11 is 0. The molecule has 0 spiro atoms. The molecule has 3 N–H and O–H groups in total. The molecule has 1 heterocycles. The fourth-order valence-corrected chi connectivity index (χ4v) is 1.83. The fraction of sp³-hybridized carbons (Fsp3) is 0.778. The highest BCUT2D eigenvalue weighted by atomic mass is 15.4. The van der Waals surface area contributed by atoms with Crippen molar-refractivity contribution in [3.8, 4) is 0 Å². The Kier molecular flexibility index (Phi) is 2.67. The zero-order valence-corrected chi connectivity index (χ0v) is 8.48. The smallest absolute Gasteiger partial charge is 0.144 e. The third-order valence-corrected chi connectivity index (χ3v) is 2.76. The molecule has 5 nitrogen and oxygen atoms in total. The van der Waals surface area contributed by atoms with E-state index in [1.807, 2.05) is 4.68 Å². The molecule has 2 rings (SSSR count). The number of hydrogen-bond donors (Lipinski definition) is 2. The Morgan fingerprint density at radius 3 is 3.07 bits per heavy atom. The van der Waals surface area contributed by atoms with Gasteiger partial charge in [-0.3, -0.25) is 0 Å². The number of nitrogens with one attached hydrogen (secondary N) is 1. The summed E-state index contributed by atoms with van der Waals surface area (Å²) in [6.07, 6.45) is 4.05. The number of aryl methyl sites for hydroxylation is 1. The number of nitrogens with two attached hydrogens (primary N) is 1.